The van der Waals surface area contributed by atoms with E-state index in [9.17, 15) is 4.79 Å². The average Bonchev–Trinajstić information content (AvgIpc) is 2.34. The molecule has 0 saturated heterocycles. The minimum Gasteiger partial charge on any atom is -0.381 e. The Bertz CT molecular complexity index is 555. The Morgan fingerprint density at radius 2 is 2.12 bits per heavy atom. The molecule has 2 heterocycles. The SMILES string of the molecule is Nc1nccnc1SCCn1ccccc1=O. The molecule has 0 fully saturated rings. The number of nitrogens with zero attached hydrogens (tertiary/aromatic N) is 3. The summed E-state index contributed by atoms with van der Waals surface area (Å²) < 4.78 is 1.65. The quantitative estimate of drug-likeness (QED) is 0.817. The number of pyridine rings is 1. The van der Waals surface area contributed by atoms with Gasteiger partial charge in [0.1, 0.15) is 5.03 Å². The van der Waals surface area contributed by atoms with Crippen LogP contribution >= 0.6 is 11.8 Å². The van der Waals surface area contributed by atoms with Gasteiger partial charge in [0.2, 0.25) is 0 Å². The molecule has 88 valence electrons. The van der Waals surface area contributed by atoms with Crippen LogP contribution < -0.4 is 11.3 Å². The predicted molar refractivity (Wildman–Crippen MR) is 67.9 cm³/mol. The normalized spacial score (nSPS) is 10.4. The first-order valence-electron chi connectivity index (χ1n) is 5.12. The van der Waals surface area contributed by atoms with Crippen LogP contribution in [0.1, 0.15) is 0 Å². The van der Waals surface area contributed by atoms with Crippen molar-refractivity contribution < 1.29 is 0 Å². The molecule has 17 heavy (non-hydrogen) atoms. The van der Waals surface area contributed by atoms with Crippen molar-refractivity contribution in [1.29, 1.82) is 0 Å². The van der Waals surface area contributed by atoms with Crippen LogP contribution in [0.4, 0.5) is 5.82 Å². The van der Waals surface area contributed by atoms with Crippen LogP contribution in [0.2, 0.25) is 0 Å². The highest BCUT2D eigenvalue weighted by atomic mass is 32.2. The molecule has 0 aliphatic carbocycles. The maximum Gasteiger partial charge on any atom is 0.250 e. The molecule has 0 aliphatic heterocycles. The zero-order valence-corrected chi connectivity index (χ0v) is 9.93. The lowest BCUT2D eigenvalue weighted by molar-refractivity contribution is 0.734. The monoisotopic (exact) mass is 248 g/mol. The summed E-state index contributed by atoms with van der Waals surface area (Å²) >= 11 is 1.49. The van der Waals surface area contributed by atoms with Crippen molar-refractivity contribution in [2.24, 2.45) is 0 Å². The molecule has 0 bridgehead atoms. The van der Waals surface area contributed by atoms with Gasteiger partial charge in [0.15, 0.2) is 5.82 Å². The third-order valence-electron chi connectivity index (χ3n) is 2.16. The summed E-state index contributed by atoms with van der Waals surface area (Å²) in [6.07, 6.45) is 4.93. The van der Waals surface area contributed by atoms with Crippen LogP contribution in [0.15, 0.2) is 46.6 Å². The Labute approximate surface area is 103 Å². The third-order valence-corrected chi connectivity index (χ3v) is 3.14. The van der Waals surface area contributed by atoms with Crippen LogP contribution in [0.3, 0.4) is 0 Å². The molecule has 2 N–H and O–H groups in total. The van der Waals surface area contributed by atoms with Gasteiger partial charge in [-0.05, 0) is 6.07 Å². The molecule has 0 unspecified atom stereocenters. The Kier molecular flexibility index (Phi) is 3.77. The summed E-state index contributed by atoms with van der Waals surface area (Å²) in [4.78, 5) is 19.5. The van der Waals surface area contributed by atoms with E-state index in [1.807, 2.05) is 6.07 Å². The van der Waals surface area contributed by atoms with Gasteiger partial charge in [-0.1, -0.05) is 6.07 Å². The van der Waals surface area contributed by atoms with Crippen LogP contribution in [-0.2, 0) is 6.54 Å². The van der Waals surface area contributed by atoms with Gasteiger partial charge in [-0.25, -0.2) is 9.97 Å². The summed E-state index contributed by atoms with van der Waals surface area (Å²) in [5.41, 5.74) is 5.67. The van der Waals surface area contributed by atoms with E-state index in [0.29, 0.717) is 17.4 Å². The summed E-state index contributed by atoms with van der Waals surface area (Å²) in [5.74, 6) is 1.16. The third kappa shape index (κ3) is 3.07. The zero-order chi connectivity index (χ0) is 12.1. The number of aryl methyl sites for hydroxylation is 1. The zero-order valence-electron chi connectivity index (χ0n) is 9.11. The van der Waals surface area contributed by atoms with E-state index in [0.717, 1.165) is 5.75 Å². The van der Waals surface area contributed by atoms with E-state index in [4.69, 9.17) is 5.73 Å². The second kappa shape index (κ2) is 5.49. The Morgan fingerprint density at radius 3 is 2.88 bits per heavy atom. The maximum absolute atomic E-state index is 11.4. The molecular formula is C11H12N4OS. The van der Waals surface area contributed by atoms with Gasteiger partial charge in [0, 0.05) is 37.0 Å². The summed E-state index contributed by atoms with van der Waals surface area (Å²) in [6, 6.07) is 5.11. The highest BCUT2D eigenvalue weighted by Gasteiger charge is 2.01. The Balaban J connectivity index is 1.95. The van der Waals surface area contributed by atoms with Crippen LogP contribution in [0.5, 0.6) is 0 Å². The molecule has 2 aromatic rings. The Hall–Kier alpha value is -1.82. The van der Waals surface area contributed by atoms with E-state index in [1.54, 1.807) is 35.3 Å². The van der Waals surface area contributed by atoms with E-state index in [1.165, 1.54) is 11.8 Å². The molecule has 0 atom stereocenters. The van der Waals surface area contributed by atoms with Crippen molar-refractivity contribution >= 4 is 17.6 Å². The molecule has 2 rings (SSSR count). The highest BCUT2D eigenvalue weighted by Crippen LogP contribution is 2.19. The number of anilines is 1. The standard InChI is InChI=1S/C11H12N4OS/c12-10-11(14-5-4-13-10)17-8-7-15-6-2-1-3-9(15)16/h1-6H,7-8H2,(H2,12,13). The molecular weight excluding hydrogens is 236 g/mol. The van der Waals surface area contributed by atoms with Gasteiger partial charge in [-0.3, -0.25) is 4.79 Å². The van der Waals surface area contributed by atoms with Crippen LogP contribution in [0.25, 0.3) is 0 Å². The van der Waals surface area contributed by atoms with Crippen molar-refractivity contribution in [3.8, 4) is 0 Å². The van der Waals surface area contributed by atoms with Crippen molar-refractivity contribution in [3.05, 3.63) is 47.1 Å². The molecule has 0 spiro atoms. The van der Waals surface area contributed by atoms with Crippen molar-refractivity contribution in [2.45, 2.75) is 11.6 Å². The summed E-state index contributed by atoms with van der Waals surface area (Å²) in [7, 11) is 0. The van der Waals surface area contributed by atoms with Gasteiger partial charge >= 0.3 is 0 Å². The molecule has 6 heteroatoms. The number of nitrogen functional groups attached to an aromatic ring is 1. The number of thioether (sulfide) groups is 1. The number of rotatable bonds is 4. The van der Waals surface area contributed by atoms with Gasteiger partial charge in [0.25, 0.3) is 5.56 Å². The fourth-order valence-electron chi connectivity index (χ4n) is 1.33. The van der Waals surface area contributed by atoms with Gasteiger partial charge < -0.3 is 10.3 Å². The van der Waals surface area contributed by atoms with Crippen molar-refractivity contribution in [1.82, 2.24) is 14.5 Å². The molecule has 0 aliphatic rings. The largest absolute Gasteiger partial charge is 0.381 e. The van der Waals surface area contributed by atoms with Gasteiger partial charge in [-0.2, -0.15) is 0 Å². The lowest BCUT2D eigenvalue weighted by atomic mass is 10.5. The molecule has 5 nitrogen and oxygen atoms in total. The number of aromatic nitrogens is 3. The average molecular weight is 248 g/mol. The number of hydrogen-bond donors (Lipinski definition) is 1. The topological polar surface area (TPSA) is 73.8 Å². The molecule has 0 radical (unpaired) electrons. The molecule has 0 saturated carbocycles. The summed E-state index contributed by atoms with van der Waals surface area (Å²) in [5, 5.41) is 0.705. The number of hydrogen-bond acceptors (Lipinski definition) is 5. The van der Waals surface area contributed by atoms with Crippen LogP contribution in [-0.4, -0.2) is 20.3 Å². The van der Waals surface area contributed by atoms with Crippen molar-refractivity contribution in [2.75, 3.05) is 11.5 Å². The fraction of sp³-hybridized carbons (Fsp3) is 0.182. The molecule has 0 aromatic carbocycles. The van der Waals surface area contributed by atoms with Gasteiger partial charge in [0.05, 0.1) is 0 Å². The fourth-order valence-corrected chi connectivity index (χ4v) is 2.15. The first-order chi connectivity index (χ1) is 8.27. The maximum atomic E-state index is 11.4. The smallest absolute Gasteiger partial charge is 0.250 e. The first kappa shape index (κ1) is 11.7. The lowest BCUT2D eigenvalue weighted by Gasteiger charge is -2.05. The predicted octanol–water partition coefficient (Wildman–Crippen LogP) is 1.01. The lowest BCUT2D eigenvalue weighted by Crippen LogP contribution is -2.18. The van der Waals surface area contributed by atoms with E-state index in [2.05, 4.69) is 9.97 Å². The Morgan fingerprint density at radius 1 is 1.29 bits per heavy atom. The minimum atomic E-state index is 0.000202. The second-order valence-electron chi connectivity index (χ2n) is 3.33. The summed E-state index contributed by atoms with van der Waals surface area (Å²) in [6.45, 7) is 0.625. The van der Waals surface area contributed by atoms with Crippen LogP contribution in [0, 0.1) is 0 Å². The number of nitrogens with two attached hydrogens (primary N) is 1. The van der Waals surface area contributed by atoms with Crippen molar-refractivity contribution in [3.63, 3.8) is 0 Å². The highest BCUT2D eigenvalue weighted by molar-refractivity contribution is 7.99. The van der Waals surface area contributed by atoms with E-state index in [-0.39, 0.29) is 5.56 Å². The van der Waals surface area contributed by atoms with Gasteiger partial charge in [-0.15, -0.1) is 11.8 Å². The van der Waals surface area contributed by atoms with E-state index >= 15 is 0 Å². The van der Waals surface area contributed by atoms with E-state index < -0.39 is 0 Å². The molecule has 2 aromatic heterocycles. The first-order valence-corrected chi connectivity index (χ1v) is 6.10. The minimum absolute atomic E-state index is 0.000202. The molecule has 0 amide bonds. The second-order valence-corrected chi connectivity index (χ2v) is 4.41.